The van der Waals surface area contributed by atoms with Crippen LogP contribution in [0.4, 0.5) is 0 Å². The van der Waals surface area contributed by atoms with Crippen LogP contribution in [0.3, 0.4) is 0 Å². The molecule has 156 valence electrons. The molecule has 29 heavy (non-hydrogen) atoms. The third-order valence-electron chi connectivity index (χ3n) is 4.18. The van der Waals surface area contributed by atoms with Crippen molar-refractivity contribution in [2.75, 3.05) is 26.7 Å². The van der Waals surface area contributed by atoms with Crippen molar-refractivity contribution in [1.82, 2.24) is 10.6 Å². The van der Waals surface area contributed by atoms with Gasteiger partial charge in [-0.2, -0.15) is 0 Å². The summed E-state index contributed by atoms with van der Waals surface area (Å²) >= 11 is 5.83. The van der Waals surface area contributed by atoms with E-state index in [1.165, 1.54) is 0 Å². The number of nitrogens with one attached hydrogen (secondary N) is 2. The van der Waals surface area contributed by atoms with Crippen molar-refractivity contribution in [2.45, 2.75) is 25.9 Å². The summed E-state index contributed by atoms with van der Waals surface area (Å²) in [6.07, 6.45) is 0.676. The first-order valence-corrected chi connectivity index (χ1v) is 9.83. The van der Waals surface area contributed by atoms with E-state index in [1.54, 1.807) is 57.3 Å². The second kappa shape index (κ2) is 10.8. The van der Waals surface area contributed by atoms with Crippen LogP contribution in [0.15, 0.2) is 48.5 Å². The largest absolute Gasteiger partial charge is 0.476 e. The summed E-state index contributed by atoms with van der Waals surface area (Å²) in [6.45, 7) is 4.74. The molecule has 0 aromatic heterocycles. The predicted octanol–water partition coefficient (Wildman–Crippen LogP) is 3.23. The van der Waals surface area contributed by atoms with Gasteiger partial charge in [0.05, 0.1) is 0 Å². The Balaban J connectivity index is 1.81. The fraction of sp³-hybridized carbons (Fsp3) is 0.364. The highest BCUT2D eigenvalue weighted by molar-refractivity contribution is 6.30. The average Bonchev–Trinajstić information content (AvgIpc) is 2.69. The number of benzene rings is 2. The molecule has 1 amide bonds. The summed E-state index contributed by atoms with van der Waals surface area (Å²) in [7, 11) is 1.79. The second-order valence-corrected chi connectivity index (χ2v) is 7.45. The van der Waals surface area contributed by atoms with Crippen LogP contribution in [0.25, 0.3) is 0 Å². The Hall–Kier alpha value is -2.57. The monoisotopic (exact) mass is 418 g/mol. The van der Waals surface area contributed by atoms with Crippen molar-refractivity contribution in [1.29, 1.82) is 0 Å². The molecule has 0 spiro atoms. The molecule has 0 aliphatic rings. The summed E-state index contributed by atoms with van der Waals surface area (Å²) in [5.74, 6) is 0.0245. The molecule has 0 saturated heterocycles. The Kier molecular flexibility index (Phi) is 8.49. The summed E-state index contributed by atoms with van der Waals surface area (Å²) in [4.78, 5) is 24.2. The van der Waals surface area contributed by atoms with Crippen LogP contribution in [-0.2, 0) is 16.0 Å². The standard InChI is InChI=1S/C22H27ClN2O4/c1-22(2,21(27)28-15-14-24-3)29-19-10-4-16(5-11-19)12-13-25-20(26)17-6-8-18(23)9-7-17/h4-11,24H,12-15H2,1-3H3,(H,25,26). The lowest BCUT2D eigenvalue weighted by atomic mass is 10.1. The maximum atomic E-state index is 12.1. The van der Waals surface area contributed by atoms with E-state index in [2.05, 4.69) is 10.6 Å². The van der Waals surface area contributed by atoms with Gasteiger partial charge in [0.2, 0.25) is 0 Å². The van der Waals surface area contributed by atoms with E-state index in [4.69, 9.17) is 21.1 Å². The highest BCUT2D eigenvalue weighted by Gasteiger charge is 2.31. The van der Waals surface area contributed by atoms with Gasteiger partial charge in [0.25, 0.3) is 5.91 Å². The Bertz CT molecular complexity index is 805. The minimum Gasteiger partial charge on any atom is -0.476 e. The number of amides is 1. The Morgan fingerprint density at radius 3 is 2.28 bits per heavy atom. The van der Waals surface area contributed by atoms with Gasteiger partial charge in [-0.3, -0.25) is 4.79 Å². The van der Waals surface area contributed by atoms with Crippen molar-refractivity contribution < 1.29 is 19.1 Å². The molecule has 0 aliphatic heterocycles. The molecule has 2 aromatic rings. The lowest BCUT2D eigenvalue weighted by Crippen LogP contribution is -2.40. The number of carbonyl (C=O) groups excluding carboxylic acids is 2. The van der Waals surface area contributed by atoms with Gasteiger partial charge in [-0.25, -0.2) is 4.79 Å². The highest BCUT2D eigenvalue weighted by Crippen LogP contribution is 2.20. The topological polar surface area (TPSA) is 76.7 Å². The van der Waals surface area contributed by atoms with Crippen molar-refractivity contribution in [3.05, 3.63) is 64.7 Å². The normalized spacial score (nSPS) is 11.0. The smallest absolute Gasteiger partial charge is 0.349 e. The molecule has 7 heteroatoms. The molecule has 0 saturated carbocycles. The van der Waals surface area contributed by atoms with Gasteiger partial charge >= 0.3 is 5.97 Å². The molecule has 0 atom stereocenters. The lowest BCUT2D eigenvalue weighted by Gasteiger charge is -2.24. The molecule has 0 fully saturated rings. The summed E-state index contributed by atoms with van der Waals surface area (Å²) < 4.78 is 11.0. The van der Waals surface area contributed by atoms with Crippen molar-refractivity contribution in [3.8, 4) is 5.75 Å². The maximum absolute atomic E-state index is 12.1. The van der Waals surface area contributed by atoms with Crippen LogP contribution in [0.5, 0.6) is 5.75 Å². The summed E-state index contributed by atoms with van der Waals surface area (Å²) in [5, 5.41) is 6.39. The van der Waals surface area contributed by atoms with E-state index >= 15 is 0 Å². The van der Waals surface area contributed by atoms with Gasteiger partial charge in [-0.05, 0) is 69.3 Å². The number of hydrogen-bond donors (Lipinski definition) is 2. The number of esters is 1. The fourth-order valence-electron chi connectivity index (χ4n) is 2.50. The van der Waals surface area contributed by atoms with Gasteiger partial charge in [0.1, 0.15) is 12.4 Å². The number of likely N-dealkylation sites (N-methyl/N-ethyl adjacent to an activating group) is 1. The summed E-state index contributed by atoms with van der Waals surface area (Å²) in [5.41, 5.74) is 0.534. The molecular weight excluding hydrogens is 392 g/mol. The first-order chi connectivity index (χ1) is 13.8. The van der Waals surface area contributed by atoms with Gasteiger partial charge in [0, 0.05) is 23.7 Å². The third-order valence-corrected chi connectivity index (χ3v) is 4.43. The van der Waals surface area contributed by atoms with Crippen LogP contribution >= 0.6 is 11.6 Å². The fourth-order valence-corrected chi connectivity index (χ4v) is 2.63. The zero-order chi connectivity index (χ0) is 21.3. The summed E-state index contributed by atoms with van der Waals surface area (Å²) in [6, 6.07) is 14.2. The molecule has 0 bridgehead atoms. The first-order valence-electron chi connectivity index (χ1n) is 9.45. The van der Waals surface area contributed by atoms with Crippen LogP contribution in [-0.4, -0.2) is 44.2 Å². The first kappa shape index (κ1) is 22.7. The van der Waals surface area contributed by atoms with Crippen LogP contribution in [0.2, 0.25) is 5.02 Å². The Morgan fingerprint density at radius 1 is 1.00 bits per heavy atom. The molecular formula is C22H27ClN2O4. The van der Waals surface area contributed by atoms with E-state index in [0.29, 0.717) is 42.5 Å². The number of rotatable bonds is 10. The molecule has 2 aromatic carbocycles. The van der Waals surface area contributed by atoms with Gasteiger partial charge < -0.3 is 20.1 Å². The zero-order valence-electron chi connectivity index (χ0n) is 17.0. The number of hydrogen-bond acceptors (Lipinski definition) is 5. The minimum absolute atomic E-state index is 0.139. The molecule has 0 aliphatic carbocycles. The van der Waals surface area contributed by atoms with E-state index in [9.17, 15) is 9.59 Å². The molecule has 0 unspecified atom stereocenters. The second-order valence-electron chi connectivity index (χ2n) is 7.01. The van der Waals surface area contributed by atoms with E-state index in [-0.39, 0.29) is 5.91 Å². The van der Waals surface area contributed by atoms with E-state index < -0.39 is 11.6 Å². The highest BCUT2D eigenvalue weighted by atomic mass is 35.5. The molecule has 6 nitrogen and oxygen atoms in total. The molecule has 0 radical (unpaired) electrons. The van der Waals surface area contributed by atoms with Crippen molar-refractivity contribution in [3.63, 3.8) is 0 Å². The van der Waals surface area contributed by atoms with E-state index in [1.807, 2.05) is 12.1 Å². The van der Waals surface area contributed by atoms with Crippen LogP contribution in [0, 0.1) is 0 Å². The quantitative estimate of drug-likeness (QED) is 0.457. The van der Waals surface area contributed by atoms with Crippen LogP contribution < -0.4 is 15.4 Å². The van der Waals surface area contributed by atoms with Gasteiger partial charge in [-0.1, -0.05) is 23.7 Å². The Labute approximate surface area is 176 Å². The Morgan fingerprint density at radius 2 is 1.66 bits per heavy atom. The number of carbonyl (C=O) groups is 2. The number of ether oxygens (including phenoxy) is 2. The van der Waals surface area contributed by atoms with Gasteiger partial charge in [-0.15, -0.1) is 0 Å². The minimum atomic E-state index is -1.08. The molecule has 0 heterocycles. The average molecular weight is 419 g/mol. The van der Waals surface area contributed by atoms with Gasteiger partial charge in [0.15, 0.2) is 5.60 Å². The SMILES string of the molecule is CNCCOC(=O)C(C)(C)Oc1ccc(CCNC(=O)c2ccc(Cl)cc2)cc1. The van der Waals surface area contributed by atoms with Crippen molar-refractivity contribution >= 4 is 23.5 Å². The molecule has 2 N–H and O–H groups in total. The predicted molar refractivity (Wildman–Crippen MR) is 114 cm³/mol. The lowest BCUT2D eigenvalue weighted by molar-refractivity contribution is -0.159. The van der Waals surface area contributed by atoms with Crippen molar-refractivity contribution in [2.24, 2.45) is 0 Å². The number of halogens is 1. The third kappa shape index (κ3) is 7.40. The van der Waals surface area contributed by atoms with E-state index in [0.717, 1.165) is 5.56 Å². The maximum Gasteiger partial charge on any atom is 0.349 e. The van der Waals surface area contributed by atoms with Crippen LogP contribution in [0.1, 0.15) is 29.8 Å². The molecule has 2 rings (SSSR count). The zero-order valence-corrected chi connectivity index (χ0v) is 17.7.